The molecule has 0 bridgehead atoms. The molecule has 74 valence electrons. The van der Waals surface area contributed by atoms with Crippen LogP contribution in [0.3, 0.4) is 0 Å². The maximum Gasteiger partial charge on any atom is 0.117 e. The Labute approximate surface area is 106 Å². The van der Waals surface area contributed by atoms with E-state index in [-0.39, 0.29) is 24.8 Å². The minimum Gasteiger partial charge on any atom is -0.147 e. The fourth-order valence-electron chi connectivity index (χ4n) is 0.567. The normalized spacial score (nSPS) is 6.92. The molecule has 0 spiro atoms. The van der Waals surface area contributed by atoms with Gasteiger partial charge in [-0.1, -0.05) is 37.3 Å². The summed E-state index contributed by atoms with van der Waals surface area (Å²) < 4.78 is 0. The van der Waals surface area contributed by atoms with Crippen molar-refractivity contribution in [1.82, 2.24) is 0 Å². The molecule has 0 aliphatic rings. The highest BCUT2D eigenvalue weighted by atomic mass is 35.5. The van der Waals surface area contributed by atoms with Gasteiger partial charge in [0, 0.05) is 5.88 Å². The van der Waals surface area contributed by atoms with Gasteiger partial charge in [-0.2, -0.15) is 0 Å². The van der Waals surface area contributed by atoms with Crippen LogP contribution in [0.5, 0.6) is 0 Å². The lowest BCUT2D eigenvalue weighted by Gasteiger charge is -1.88. The van der Waals surface area contributed by atoms with Gasteiger partial charge in [0.05, 0.1) is 0 Å². The molecule has 1 rings (SSSR count). The van der Waals surface area contributed by atoms with E-state index in [1.165, 1.54) is 10.8 Å². The van der Waals surface area contributed by atoms with Crippen molar-refractivity contribution in [3.63, 3.8) is 0 Å². The van der Waals surface area contributed by atoms with Gasteiger partial charge in [-0.05, 0) is 5.56 Å². The Hall–Kier alpha value is 0.622. The van der Waals surface area contributed by atoms with Crippen molar-refractivity contribution in [2.24, 2.45) is 0 Å². The van der Waals surface area contributed by atoms with E-state index < -0.39 is 0 Å². The summed E-state index contributed by atoms with van der Waals surface area (Å²) in [6.07, 6.45) is 0. The van der Waals surface area contributed by atoms with Crippen molar-refractivity contribution in [3.05, 3.63) is 35.9 Å². The molecule has 0 fully saturated rings. The summed E-state index contributed by atoms with van der Waals surface area (Å²) in [6.45, 7) is 2.09. The SMILES string of the molecule is C[CH2][Al].Cl.Cl.ClCc1ccccc1. The van der Waals surface area contributed by atoms with Crippen molar-refractivity contribution in [2.45, 2.75) is 18.1 Å². The number of halogens is 3. The maximum atomic E-state index is 5.53. The highest BCUT2D eigenvalue weighted by Crippen LogP contribution is 2.00. The summed E-state index contributed by atoms with van der Waals surface area (Å²) in [5, 5.41) is 1.17. The first-order chi connectivity index (χ1) is 5.35. The third-order valence-corrected chi connectivity index (χ3v) is 1.31. The molecule has 1 aromatic rings. The van der Waals surface area contributed by atoms with Crippen LogP contribution in [0.1, 0.15) is 12.5 Å². The van der Waals surface area contributed by atoms with Crippen LogP contribution in [0, 0.1) is 0 Å². The molecular formula is C9H14AlCl3. The van der Waals surface area contributed by atoms with Crippen LogP contribution in [0.4, 0.5) is 0 Å². The van der Waals surface area contributed by atoms with Crippen LogP contribution in [0.25, 0.3) is 0 Å². The molecule has 0 amide bonds. The summed E-state index contributed by atoms with van der Waals surface area (Å²) in [7, 11) is 0. The maximum absolute atomic E-state index is 5.53. The lowest BCUT2D eigenvalue weighted by molar-refractivity contribution is 1.41. The Kier molecular flexibility index (Phi) is 22.4. The number of rotatable bonds is 1. The van der Waals surface area contributed by atoms with Crippen LogP contribution < -0.4 is 0 Å². The van der Waals surface area contributed by atoms with Gasteiger partial charge in [0.25, 0.3) is 0 Å². The van der Waals surface area contributed by atoms with Crippen molar-refractivity contribution < 1.29 is 0 Å². The second kappa shape index (κ2) is 15.1. The summed E-state index contributed by atoms with van der Waals surface area (Å²) in [5.41, 5.74) is 1.18. The van der Waals surface area contributed by atoms with Crippen molar-refractivity contribution in [3.8, 4) is 0 Å². The summed E-state index contributed by atoms with van der Waals surface area (Å²) in [4.78, 5) is 0. The smallest absolute Gasteiger partial charge is 0.117 e. The summed E-state index contributed by atoms with van der Waals surface area (Å²) in [6, 6.07) is 9.96. The minimum atomic E-state index is 0. The molecule has 0 N–H and O–H groups in total. The zero-order valence-corrected chi connectivity index (χ0v) is 11.1. The van der Waals surface area contributed by atoms with E-state index in [0.29, 0.717) is 5.88 Å². The van der Waals surface area contributed by atoms with Crippen molar-refractivity contribution in [2.75, 3.05) is 0 Å². The standard InChI is InChI=1S/C7H7Cl.C2H5.Al.2ClH/c8-6-7-4-2-1-3-5-7;1-2;;;/h1-5H,6H2;1H2,2H3;;2*1H. The van der Waals surface area contributed by atoms with E-state index in [1.807, 2.05) is 30.3 Å². The Morgan fingerprint density at radius 2 is 1.54 bits per heavy atom. The third-order valence-electron chi connectivity index (χ3n) is 0.997. The first-order valence-corrected chi connectivity index (χ1v) is 5.00. The molecule has 0 aliphatic heterocycles. The van der Waals surface area contributed by atoms with Crippen LogP contribution in [-0.2, 0) is 5.88 Å². The molecule has 13 heavy (non-hydrogen) atoms. The van der Waals surface area contributed by atoms with E-state index in [9.17, 15) is 0 Å². The molecule has 4 heteroatoms. The predicted molar refractivity (Wildman–Crippen MR) is 66.7 cm³/mol. The summed E-state index contributed by atoms with van der Waals surface area (Å²) in [5.74, 6) is 0.612. The van der Waals surface area contributed by atoms with Gasteiger partial charge in [0.15, 0.2) is 0 Å². The van der Waals surface area contributed by atoms with Crippen LogP contribution in [0.15, 0.2) is 30.3 Å². The van der Waals surface area contributed by atoms with Gasteiger partial charge in [0.2, 0.25) is 0 Å². The van der Waals surface area contributed by atoms with Crippen molar-refractivity contribution in [1.29, 1.82) is 0 Å². The molecule has 0 heterocycles. The molecule has 1 aromatic carbocycles. The highest BCUT2D eigenvalue weighted by molar-refractivity contribution is 6.17. The molecular weight excluding hydrogens is 241 g/mol. The molecule has 0 nitrogen and oxygen atoms in total. The molecule has 0 aromatic heterocycles. The second-order valence-corrected chi connectivity index (χ2v) is 3.11. The van der Waals surface area contributed by atoms with E-state index in [4.69, 9.17) is 11.6 Å². The first-order valence-electron chi connectivity index (χ1n) is 3.65. The van der Waals surface area contributed by atoms with E-state index in [1.54, 1.807) is 0 Å². The van der Waals surface area contributed by atoms with Crippen molar-refractivity contribution >= 4 is 52.7 Å². The zero-order chi connectivity index (χ0) is 8.53. The van der Waals surface area contributed by atoms with Gasteiger partial charge < -0.3 is 0 Å². The third kappa shape index (κ3) is 12.6. The number of hydrogen-bond donors (Lipinski definition) is 0. The Morgan fingerprint density at radius 1 is 1.15 bits per heavy atom. The minimum absolute atomic E-state index is 0. The molecule has 2 radical (unpaired) electrons. The largest absolute Gasteiger partial charge is 0.147 e. The van der Waals surface area contributed by atoms with Gasteiger partial charge >= 0.3 is 0 Å². The van der Waals surface area contributed by atoms with Crippen LogP contribution >= 0.6 is 36.4 Å². The van der Waals surface area contributed by atoms with Crippen LogP contribution in [0.2, 0.25) is 5.28 Å². The van der Waals surface area contributed by atoms with E-state index in [2.05, 4.69) is 23.2 Å². The molecule has 0 aliphatic carbocycles. The fraction of sp³-hybridized carbons (Fsp3) is 0.333. The summed E-state index contributed by atoms with van der Waals surface area (Å²) >= 11 is 8.11. The average Bonchev–Trinajstić information content (AvgIpc) is 2.08. The Bertz CT molecular complexity index is 168. The first kappa shape index (κ1) is 19.2. The van der Waals surface area contributed by atoms with E-state index in [0.717, 1.165) is 0 Å². The monoisotopic (exact) mass is 254 g/mol. The Morgan fingerprint density at radius 3 is 1.77 bits per heavy atom. The van der Waals surface area contributed by atoms with Gasteiger partial charge in [-0.25, -0.2) is 0 Å². The molecule has 0 unspecified atom stereocenters. The molecule has 0 saturated heterocycles. The van der Waals surface area contributed by atoms with Gasteiger partial charge in [-0.3, -0.25) is 0 Å². The lowest BCUT2D eigenvalue weighted by Crippen LogP contribution is -1.71. The highest BCUT2D eigenvalue weighted by Gasteiger charge is 1.81. The zero-order valence-electron chi connectivity index (χ0n) is 7.57. The topological polar surface area (TPSA) is 0 Å². The predicted octanol–water partition coefficient (Wildman–Crippen LogP) is 3.86. The fourth-order valence-corrected chi connectivity index (χ4v) is 0.745. The average molecular weight is 256 g/mol. The van der Waals surface area contributed by atoms with Crippen LogP contribution in [-0.4, -0.2) is 16.3 Å². The second-order valence-electron chi connectivity index (χ2n) is 2.03. The lowest BCUT2D eigenvalue weighted by atomic mass is 10.2. The number of benzene rings is 1. The number of alkyl halides is 1. The quantitative estimate of drug-likeness (QED) is 0.528. The van der Waals surface area contributed by atoms with E-state index >= 15 is 0 Å². The Balaban J connectivity index is -0.000000180. The van der Waals surface area contributed by atoms with Gasteiger partial charge in [0.1, 0.15) is 16.3 Å². The molecule has 0 saturated carbocycles. The molecule has 0 atom stereocenters. The van der Waals surface area contributed by atoms with Gasteiger partial charge in [-0.15, -0.1) is 41.7 Å². The number of hydrogen-bond acceptors (Lipinski definition) is 0.